The van der Waals surface area contributed by atoms with Crippen LogP contribution in [0.1, 0.15) is 16.8 Å². The minimum Gasteiger partial charge on any atom is -0.334 e. The number of rotatable bonds is 4. The summed E-state index contributed by atoms with van der Waals surface area (Å²) in [5.74, 6) is 0. The molecule has 0 saturated carbocycles. The SMILES string of the molecule is Cn1cncc1[C@@](F)(c1ccc(Cl)cc1)c1ccc2c(c1)c(-c1cccc(Cl)c1)cc(=O)n2C. The number of imidazole rings is 1. The van der Waals surface area contributed by atoms with E-state index >= 15 is 4.39 Å². The molecule has 0 aliphatic rings. The van der Waals surface area contributed by atoms with E-state index in [2.05, 4.69) is 4.98 Å². The van der Waals surface area contributed by atoms with Crippen LogP contribution in [0.2, 0.25) is 10.0 Å². The zero-order valence-corrected chi connectivity index (χ0v) is 20.0. The Morgan fingerprint density at radius 1 is 0.882 bits per heavy atom. The smallest absolute Gasteiger partial charge is 0.251 e. The third-order valence-corrected chi connectivity index (χ3v) is 6.68. The van der Waals surface area contributed by atoms with E-state index in [4.69, 9.17) is 23.2 Å². The van der Waals surface area contributed by atoms with Crippen molar-refractivity contribution in [2.24, 2.45) is 14.1 Å². The molecule has 0 amide bonds. The number of benzene rings is 3. The largest absolute Gasteiger partial charge is 0.334 e. The third-order valence-electron chi connectivity index (χ3n) is 6.19. The number of aromatic nitrogens is 3. The van der Waals surface area contributed by atoms with Gasteiger partial charge in [0.15, 0.2) is 0 Å². The second-order valence-electron chi connectivity index (χ2n) is 8.25. The van der Waals surface area contributed by atoms with Crippen molar-refractivity contribution in [3.63, 3.8) is 0 Å². The molecule has 5 rings (SSSR count). The highest BCUT2D eigenvalue weighted by atomic mass is 35.5. The summed E-state index contributed by atoms with van der Waals surface area (Å²) < 4.78 is 20.5. The van der Waals surface area contributed by atoms with E-state index in [1.165, 1.54) is 6.20 Å². The molecule has 0 aliphatic carbocycles. The molecule has 2 aromatic heterocycles. The summed E-state index contributed by atoms with van der Waals surface area (Å²) in [5.41, 5.74) is 1.20. The molecular formula is C27H20Cl2FN3O. The maximum absolute atomic E-state index is 17.3. The van der Waals surface area contributed by atoms with Crippen molar-refractivity contribution in [2.75, 3.05) is 0 Å². The van der Waals surface area contributed by atoms with Gasteiger partial charge in [-0.15, -0.1) is 0 Å². The standard InChI is InChI=1S/C27H20Cl2FN3O/c1-32-16-31-15-25(32)27(30,18-6-9-20(28)10-7-18)19-8-11-24-23(13-19)22(14-26(34)33(24)2)17-4-3-5-21(29)12-17/h3-16H,1-2H3/t27-/m1/s1. The summed E-state index contributed by atoms with van der Waals surface area (Å²) in [6.45, 7) is 0. The molecule has 0 unspecified atom stereocenters. The lowest BCUT2D eigenvalue weighted by molar-refractivity contribution is 0.267. The molecule has 0 saturated heterocycles. The second kappa shape index (κ2) is 8.42. The predicted octanol–water partition coefficient (Wildman–Crippen LogP) is 6.51. The van der Waals surface area contributed by atoms with Gasteiger partial charge >= 0.3 is 0 Å². The second-order valence-corrected chi connectivity index (χ2v) is 9.13. The highest BCUT2D eigenvalue weighted by molar-refractivity contribution is 6.31. The zero-order chi connectivity index (χ0) is 24.0. The zero-order valence-electron chi connectivity index (χ0n) is 18.5. The van der Waals surface area contributed by atoms with E-state index in [1.807, 2.05) is 12.1 Å². The molecule has 0 aliphatic heterocycles. The van der Waals surface area contributed by atoms with E-state index in [0.29, 0.717) is 37.9 Å². The van der Waals surface area contributed by atoms with Gasteiger partial charge in [0.25, 0.3) is 5.56 Å². The van der Waals surface area contributed by atoms with Gasteiger partial charge in [0.2, 0.25) is 5.67 Å². The van der Waals surface area contributed by atoms with Crippen LogP contribution in [0.5, 0.6) is 0 Å². The Balaban J connectivity index is 1.84. The number of nitrogens with zero attached hydrogens (tertiary/aromatic N) is 3. The first kappa shape index (κ1) is 22.4. The van der Waals surface area contributed by atoms with Gasteiger partial charge in [0, 0.05) is 41.2 Å². The number of pyridine rings is 1. The van der Waals surface area contributed by atoms with Gasteiger partial charge in [-0.2, -0.15) is 0 Å². The Kier molecular flexibility index (Phi) is 5.54. The Bertz CT molecular complexity index is 1590. The van der Waals surface area contributed by atoms with E-state index in [9.17, 15) is 4.79 Å². The molecule has 0 fully saturated rings. The van der Waals surface area contributed by atoms with E-state index in [1.54, 1.807) is 90.2 Å². The number of halogens is 3. The molecule has 0 spiro atoms. The van der Waals surface area contributed by atoms with Crippen molar-refractivity contribution in [3.05, 3.63) is 123 Å². The van der Waals surface area contributed by atoms with Crippen LogP contribution < -0.4 is 5.56 Å². The molecule has 0 radical (unpaired) electrons. The van der Waals surface area contributed by atoms with E-state index < -0.39 is 5.67 Å². The number of fused-ring (bicyclic) bond motifs is 1. The third kappa shape index (κ3) is 3.61. The van der Waals surface area contributed by atoms with Crippen molar-refractivity contribution in [1.82, 2.24) is 14.1 Å². The molecule has 0 bridgehead atoms. The van der Waals surface area contributed by atoms with Crippen molar-refractivity contribution in [3.8, 4) is 11.1 Å². The van der Waals surface area contributed by atoms with E-state index in [0.717, 1.165) is 10.9 Å². The van der Waals surface area contributed by atoms with Crippen molar-refractivity contribution >= 4 is 34.1 Å². The summed E-state index contributed by atoms with van der Waals surface area (Å²) in [6.07, 6.45) is 3.10. The number of alkyl halides is 1. The first-order valence-electron chi connectivity index (χ1n) is 10.6. The van der Waals surface area contributed by atoms with Crippen molar-refractivity contribution in [2.45, 2.75) is 5.67 Å². The molecule has 7 heteroatoms. The molecule has 170 valence electrons. The van der Waals surface area contributed by atoms with Crippen molar-refractivity contribution in [1.29, 1.82) is 0 Å². The number of aryl methyl sites for hydroxylation is 2. The minimum atomic E-state index is -2.01. The van der Waals surface area contributed by atoms with Gasteiger partial charge < -0.3 is 9.13 Å². The molecule has 1 atom stereocenters. The molecule has 2 heterocycles. The topological polar surface area (TPSA) is 39.8 Å². The fourth-order valence-corrected chi connectivity index (χ4v) is 4.72. The maximum atomic E-state index is 17.3. The number of hydrogen-bond donors (Lipinski definition) is 0. The van der Waals surface area contributed by atoms with Gasteiger partial charge in [-0.3, -0.25) is 4.79 Å². The van der Waals surface area contributed by atoms with Crippen molar-refractivity contribution < 1.29 is 4.39 Å². The minimum absolute atomic E-state index is 0.161. The van der Waals surface area contributed by atoms with Crippen LogP contribution in [0.15, 0.2) is 90.1 Å². The molecule has 5 aromatic rings. The van der Waals surface area contributed by atoms with Gasteiger partial charge in [-0.25, -0.2) is 9.37 Å². The summed E-state index contributed by atoms with van der Waals surface area (Å²) >= 11 is 12.3. The first-order valence-corrected chi connectivity index (χ1v) is 11.4. The van der Waals surface area contributed by atoms with Gasteiger partial charge in [0.1, 0.15) is 0 Å². The Morgan fingerprint density at radius 2 is 1.62 bits per heavy atom. The van der Waals surface area contributed by atoms with E-state index in [-0.39, 0.29) is 5.56 Å². The van der Waals surface area contributed by atoms with Crippen LogP contribution >= 0.6 is 23.2 Å². The van der Waals surface area contributed by atoms with Crippen LogP contribution in [0, 0.1) is 0 Å². The predicted molar refractivity (Wildman–Crippen MR) is 135 cm³/mol. The van der Waals surface area contributed by atoms with Crippen LogP contribution in [0.25, 0.3) is 22.0 Å². The lowest BCUT2D eigenvalue weighted by Gasteiger charge is -2.28. The molecular weight excluding hydrogens is 472 g/mol. The lowest BCUT2D eigenvalue weighted by Crippen LogP contribution is -2.26. The summed E-state index contributed by atoms with van der Waals surface area (Å²) in [6, 6.07) is 20.8. The summed E-state index contributed by atoms with van der Waals surface area (Å²) in [5, 5.41) is 1.81. The maximum Gasteiger partial charge on any atom is 0.251 e. The quantitative estimate of drug-likeness (QED) is 0.287. The summed E-state index contributed by atoms with van der Waals surface area (Å²) in [7, 11) is 3.46. The van der Waals surface area contributed by atoms with Crippen LogP contribution in [-0.2, 0) is 19.8 Å². The molecule has 34 heavy (non-hydrogen) atoms. The highest BCUT2D eigenvalue weighted by Crippen LogP contribution is 2.42. The van der Waals surface area contributed by atoms with Gasteiger partial charge in [-0.05, 0) is 53.1 Å². The Labute approximate surface area is 205 Å². The fourth-order valence-electron chi connectivity index (χ4n) is 4.40. The first-order chi connectivity index (χ1) is 16.3. The number of hydrogen-bond acceptors (Lipinski definition) is 2. The van der Waals surface area contributed by atoms with Gasteiger partial charge in [-0.1, -0.05) is 53.5 Å². The van der Waals surface area contributed by atoms with Crippen LogP contribution in [0.3, 0.4) is 0 Å². The summed E-state index contributed by atoms with van der Waals surface area (Å²) in [4.78, 5) is 16.9. The monoisotopic (exact) mass is 491 g/mol. The average molecular weight is 492 g/mol. The van der Waals surface area contributed by atoms with Crippen LogP contribution in [0.4, 0.5) is 4.39 Å². The fraction of sp³-hybridized carbons (Fsp3) is 0.111. The Morgan fingerprint density at radius 3 is 2.29 bits per heavy atom. The molecule has 0 N–H and O–H groups in total. The normalized spacial score (nSPS) is 13.2. The average Bonchev–Trinajstić information content (AvgIpc) is 3.27. The lowest BCUT2D eigenvalue weighted by atomic mass is 9.84. The molecule has 3 aromatic carbocycles. The van der Waals surface area contributed by atoms with Gasteiger partial charge in [0.05, 0.1) is 23.7 Å². The highest BCUT2D eigenvalue weighted by Gasteiger charge is 2.39. The van der Waals surface area contributed by atoms with Crippen LogP contribution in [-0.4, -0.2) is 14.1 Å². The molecule has 4 nitrogen and oxygen atoms in total. The Hall–Kier alpha value is -3.41.